The molecule has 5 heteroatoms. The van der Waals surface area contributed by atoms with E-state index in [1.54, 1.807) is 0 Å². The Labute approximate surface area is 119 Å². The highest BCUT2D eigenvalue weighted by Gasteiger charge is 2.20. The van der Waals surface area contributed by atoms with Gasteiger partial charge in [-0.2, -0.15) is 0 Å². The fraction of sp³-hybridized carbons (Fsp3) is 0.462. The van der Waals surface area contributed by atoms with Crippen molar-refractivity contribution in [1.82, 2.24) is 10.6 Å². The van der Waals surface area contributed by atoms with E-state index in [4.69, 9.17) is 11.6 Å². The van der Waals surface area contributed by atoms with E-state index in [1.165, 1.54) is 5.56 Å². The molecule has 0 spiro atoms. The molecule has 18 heavy (non-hydrogen) atoms. The van der Waals surface area contributed by atoms with E-state index in [2.05, 4.69) is 10.6 Å². The molecule has 1 amide bonds. The first-order chi connectivity index (χ1) is 8.25. The van der Waals surface area contributed by atoms with Crippen LogP contribution >= 0.6 is 24.0 Å². The second kappa shape index (κ2) is 7.62. The van der Waals surface area contributed by atoms with Crippen LogP contribution < -0.4 is 10.6 Å². The van der Waals surface area contributed by atoms with E-state index < -0.39 is 0 Å². The van der Waals surface area contributed by atoms with E-state index in [-0.39, 0.29) is 24.4 Å². The number of hydrogen-bond donors (Lipinski definition) is 2. The van der Waals surface area contributed by atoms with Gasteiger partial charge in [-0.3, -0.25) is 4.79 Å². The van der Waals surface area contributed by atoms with Crippen molar-refractivity contribution in [2.45, 2.75) is 25.3 Å². The van der Waals surface area contributed by atoms with E-state index in [9.17, 15) is 4.79 Å². The maximum absolute atomic E-state index is 11.7. The highest BCUT2D eigenvalue weighted by Crippen LogP contribution is 2.09. The normalized spacial score (nSPS) is 18.2. The molecule has 0 radical (unpaired) electrons. The summed E-state index contributed by atoms with van der Waals surface area (Å²) in [4.78, 5) is 11.7. The molecule has 1 saturated heterocycles. The highest BCUT2D eigenvalue weighted by molar-refractivity contribution is 6.30. The predicted octanol–water partition coefficient (Wildman–Crippen LogP) is 2.17. The summed E-state index contributed by atoms with van der Waals surface area (Å²) in [5.41, 5.74) is 1.19. The number of nitrogens with one attached hydrogen (secondary N) is 2. The average Bonchev–Trinajstić information content (AvgIpc) is 2.85. The van der Waals surface area contributed by atoms with Gasteiger partial charge in [0.15, 0.2) is 0 Å². The molecule has 0 aliphatic carbocycles. The Balaban J connectivity index is 0.00000162. The van der Waals surface area contributed by atoms with Crippen molar-refractivity contribution in [1.29, 1.82) is 0 Å². The first-order valence-corrected chi connectivity index (χ1v) is 6.39. The average molecular weight is 289 g/mol. The fourth-order valence-electron chi connectivity index (χ4n) is 2.01. The molecule has 1 aliphatic heterocycles. The standard InChI is InChI=1S/C13H17ClN2O.ClH/c14-11-5-3-10(4-6-11)7-9-16-13(17)12-2-1-8-15-12;/h3-6,12,15H,1-2,7-9H2,(H,16,17);1H. The van der Waals surface area contributed by atoms with Crippen LogP contribution in [-0.4, -0.2) is 25.0 Å². The molecule has 1 heterocycles. The zero-order chi connectivity index (χ0) is 12.1. The van der Waals surface area contributed by atoms with Crippen molar-refractivity contribution in [3.8, 4) is 0 Å². The second-order valence-corrected chi connectivity index (χ2v) is 4.75. The lowest BCUT2D eigenvalue weighted by Crippen LogP contribution is -2.41. The molecule has 1 unspecified atom stereocenters. The zero-order valence-electron chi connectivity index (χ0n) is 10.1. The van der Waals surface area contributed by atoms with E-state index >= 15 is 0 Å². The minimum atomic E-state index is 0. The minimum Gasteiger partial charge on any atom is -0.354 e. The molecule has 1 atom stereocenters. The van der Waals surface area contributed by atoms with Gasteiger partial charge >= 0.3 is 0 Å². The summed E-state index contributed by atoms with van der Waals surface area (Å²) in [6, 6.07) is 7.74. The van der Waals surface area contributed by atoms with Crippen LogP contribution in [0.15, 0.2) is 24.3 Å². The van der Waals surface area contributed by atoms with Gasteiger partial charge in [0.2, 0.25) is 5.91 Å². The van der Waals surface area contributed by atoms with Gasteiger partial charge in [0.05, 0.1) is 6.04 Å². The Morgan fingerprint density at radius 2 is 2.11 bits per heavy atom. The third-order valence-corrected chi connectivity index (χ3v) is 3.25. The van der Waals surface area contributed by atoms with Crippen LogP contribution in [-0.2, 0) is 11.2 Å². The molecule has 1 aliphatic rings. The van der Waals surface area contributed by atoms with Gasteiger partial charge in [0.1, 0.15) is 0 Å². The smallest absolute Gasteiger partial charge is 0.237 e. The Hall–Kier alpha value is -0.770. The maximum atomic E-state index is 11.7. The van der Waals surface area contributed by atoms with Crippen LogP contribution in [0.2, 0.25) is 5.02 Å². The topological polar surface area (TPSA) is 41.1 Å². The number of halogens is 2. The van der Waals surface area contributed by atoms with Crippen molar-refractivity contribution in [2.24, 2.45) is 0 Å². The van der Waals surface area contributed by atoms with Crippen molar-refractivity contribution >= 4 is 29.9 Å². The molecule has 2 rings (SSSR count). The number of carbonyl (C=O) groups is 1. The molecule has 100 valence electrons. The summed E-state index contributed by atoms with van der Waals surface area (Å²) in [5.74, 6) is 0.122. The summed E-state index contributed by atoms with van der Waals surface area (Å²) in [7, 11) is 0. The molecule has 0 saturated carbocycles. The van der Waals surface area contributed by atoms with Gasteiger partial charge in [-0.15, -0.1) is 12.4 Å². The monoisotopic (exact) mass is 288 g/mol. The zero-order valence-corrected chi connectivity index (χ0v) is 11.7. The summed E-state index contributed by atoms with van der Waals surface area (Å²) < 4.78 is 0. The lowest BCUT2D eigenvalue weighted by molar-refractivity contribution is -0.122. The van der Waals surface area contributed by atoms with Gasteiger partial charge in [-0.25, -0.2) is 0 Å². The molecular formula is C13H18Cl2N2O. The third kappa shape index (κ3) is 4.48. The Kier molecular flexibility index (Phi) is 6.47. The molecule has 1 aromatic rings. The van der Waals surface area contributed by atoms with Crippen molar-refractivity contribution in [3.63, 3.8) is 0 Å². The molecule has 3 nitrogen and oxygen atoms in total. The molecule has 2 N–H and O–H groups in total. The SMILES string of the molecule is Cl.O=C(NCCc1ccc(Cl)cc1)C1CCCN1. The van der Waals surface area contributed by atoms with E-state index in [0.717, 1.165) is 30.8 Å². The second-order valence-electron chi connectivity index (χ2n) is 4.32. The highest BCUT2D eigenvalue weighted by atomic mass is 35.5. The summed E-state index contributed by atoms with van der Waals surface area (Å²) >= 11 is 5.80. The number of amides is 1. The molecule has 1 fully saturated rings. The molecular weight excluding hydrogens is 271 g/mol. The number of rotatable bonds is 4. The largest absolute Gasteiger partial charge is 0.354 e. The van der Waals surface area contributed by atoms with Crippen LogP contribution in [0.3, 0.4) is 0 Å². The first-order valence-electron chi connectivity index (χ1n) is 6.01. The molecule has 0 aromatic heterocycles. The predicted molar refractivity (Wildman–Crippen MR) is 76.4 cm³/mol. The lowest BCUT2D eigenvalue weighted by atomic mass is 10.1. The Morgan fingerprint density at radius 1 is 1.39 bits per heavy atom. The van der Waals surface area contributed by atoms with Crippen LogP contribution in [0.1, 0.15) is 18.4 Å². The van der Waals surface area contributed by atoms with Crippen LogP contribution in [0.25, 0.3) is 0 Å². The van der Waals surface area contributed by atoms with Crippen LogP contribution in [0.4, 0.5) is 0 Å². The van der Waals surface area contributed by atoms with Gasteiger partial charge in [0, 0.05) is 11.6 Å². The first kappa shape index (κ1) is 15.3. The summed E-state index contributed by atoms with van der Waals surface area (Å²) in [5, 5.41) is 6.88. The van der Waals surface area contributed by atoms with Crippen molar-refractivity contribution in [2.75, 3.05) is 13.1 Å². The van der Waals surface area contributed by atoms with Crippen LogP contribution in [0, 0.1) is 0 Å². The third-order valence-electron chi connectivity index (χ3n) is 3.00. The number of hydrogen-bond acceptors (Lipinski definition) is 2. The summed E-state index contributed by atoms with van der Waals surface area (Å²) in [6.45, 7) is 1.63. The lowest BCUT2D eigenvalue weighted by Gasteiger charge is -2.10. The quantitative estimate of drug-likeness (QED) is 0.892. The van der Waals surface area contributed by atoms with Crippen molar-refractivity contribution in [3.05, 3.63) is 34.9 Å². The minimum absolute atomic E-state index is 0. The van der Waals surface area contributed by atoms with E-state index in [1.807, 2.05) is 24.3 Å². The van der Waals surface area contributed by atoms with Gasteiger partial charge < -0.3 is 10.6 Å². The van der Waals surface area contributed by atoms with Gasteiger partial charge in [-0.05, 0) is 43.5 Å². The van der Waals surface area contributed by atoms with Gasteiger partial charge in [-0.1, -0.05) is 23.7 Å². The maximum Gasteiger partial charge on any atom is 0.237 e. The Bertz CT molecular complexity index is 375. The molecule has 1 aromatic carbocycles. The Morgan fingerprint density at radius 3 is 2.72 bits per heavy atom. The van der Waals surface area contributed by atoms with Crippen LogP contribution in [0.5, 0.6) is 0 Å². The van der Waals surface area contributed by atoms with Gasteiger partial charge in [0.25, 0.3) is 0 Å². The van der Waals surface area contributed by atoms with Crippen molar-refractivity contribution < 1.29 is 4.79 Å². The summed E-state index contributed by atoms with van der Waals surface area (Å²) in [6.07, 6.45) is 2.89. The number of benzene rings is 1. The van der Waals surface area contributed by atoms with E-state index in [0.29, 0.717) is 6.54 Å². The fourth-order valence-corrected chi connectivity index (χ4v) is 2.14. The molecule has 0 bridgehead atoms. The number of carbonyl (C=O) groups excluding carboxylic acids is 1.